The van der Waals surface area contributed by atoms with Crippen molar-refractivity contribution >= 4 is 0 Å². The van der Waals surface area contributed by atoms with Gasteiger partial charge in [-0.15, -0.1) is 0 Å². The van der Waals surface area contributed by atoms with E-state index in [0.29, 0.717) is 0 Å². The number of nitrogens with one attached hydrogen (secondary N) is 1. The monoisotopic (exact) mass is 179 g/mol. The van der Waals surface area contributed by atoms with E-state index in [1.807, 2.05) is 0 Å². The van der Waals surface area contributed by atoms with Crippen LogP contribution in [-0.4, -0.2) is 62.7 Å². The summed E-state index contributed by atoms with van der Waals surface area (Å²) in [5.74, 6) is 0. The fourth-order valence-corrected chi connectivity index (χ4v) is 1.10. The summed E-state index contributed by atoms with van der Waals surface area (Å²) in [6, 6.07) is 0. The van der Waals surface area contributed by atoms with E-state index in [4.69, 9.17) is 25.5 Å². The van der Waals surface area contributed by atoms with E-state index < -0.39 is 30.6 Å². The van der Waals surface area contributed by atoms with Crippen LogP contribution in [-0.2, 0) is 0 Å². The van der Waals surface area contributed by atoms with E-state index in [1.165, 1.54) is 0 Å². The van der Waals surface area contributed by atoms with E-state index >= 15 is 0 Å². The Kier molecular flexibility index (Phi) is 2.99. The summed E-state index contributed by atoms with van der Waals surface area (Å²) in [4.78, 5) is 0. The van der Waals surface area contributed by atoms with Crippen LogP contribution in [0.3, 0.4) is 0 Å². The molecule has 1 fully saturated rings. The average molecular weight is 179 g/mol. The van der Waals surface area contributed by atoms with Gasteiger partial charge in [0.2, 0.25) is 0 Å². The van der Waals surface area contributed by atoms with E-state index in [1.54, 1.807) is 0 Å². The summed E-state index contributed by atoms with van der Waals surface area (Å²) in [6.07, 6.45) is -6.98. The molecule has 0 bridgehead atoms. The van der Waals surface area contributed by atoms with Crippen molar-refractivity contribution in [2.45, 2.75) is 30.6 Å². The summed E-state index contributed by atoms with van der Waals surface area (Å²) in [5, 5.41) is 47.7. The van der Waals surface area contributed by atoms with Crippen molar-refractivity contribution in [1.82, 2.24) is 5.32 Å². The van der Waals surface area contributed by atoms with Crippen LogP contribution in [0.25, 0.3) is 0 Å². The van der Waals surface area contributed by atoms with Crippen LogP contribution in [0.15, 0.2) is 0 Å². The van der Waals surface area contributed by atoms with Crippen molar-refractivity contribution in [2.75, 3.05) is 6.54 Å². The molecule has 72 valence electrons. The SMILES string of the molecule is OC1NC[C@@H](O)[C@H](O)[C@H](O)[C@H]1O. The predicted molar refractivity (Wildman–Crippen MR) is 38.0 cm³/mol. The maximum absolute atomic E-state index is 9.11. The zero-order valence-corrected chi connectivity index (χ0v) is 6.33. The molecule has 0 aliphatic carbocycles. The van der Waals surface area contributed by atoms with Gasteiger partial charge in [0.1, 0.15) is 24.5 Å². The van der Waals surface area contributed by atoms with Gasteiger partial charge >= 0.3 is 0 Å². The van der Waals surface area contributed by atoms with Gasteiger partial charge in [-0.1, -0.05) is 0 Å². The lowest BCUT2D eigenvalue weighted by atomic mass is 10.0. The molecule has 0 radical (unpaired) electrons. The van der Waals surface area contributed by atoms with E-state index in [2.05, 4.69) is 5.32 Å². The highest BCUT2D eigenvalue weighted by Gasteiger charge is 2.37. The molecule has 5 atom stereocenters. The number of aliphatic hydroxyl groups is 5. The summed E-state index contributed by atoms with van der Waals surface area (Å²) in [7, 11) is 0. The van der Waals surface area contributed by atoms with Gasteiger partial charge in [0.05, 0.1) is 6.10 Å². The second-order valence-electron chi connectivity index (χ2n) is 2.89. The fourth-order valence-electron chi connectivity index (χ4n) is 1.10. The first-order valence-electron chi connectivity index (χ1n) is 3.67. The third-order valence-corrected chi connectivity index (χ3v) is 1.95. The molecule has 1 aliphatic heterocycles. The summed E-state index contributed by atoms with van der Waals surface area (Å²) in [6.45, 7) is -0.0730. The number of β-amino-alcohol motifs (C(OH)–C–C–N with tert-alkyl or cyclic N) is 1. The lowest BCUT2D eigenvalue weighted by Gasteiger charge is -2.22. The third-order valence-electron chi connectivity index (χ3n) is 1.95. The lowest BCUT2D eigenvalue weighted by Crippen LogP contribution is -2.47. The van der Waals surface area contributed by atoms with E-state index in [-0.39, 0.29) is 6.54 Å². The quantitative estimate of drug-likeness (QED) is 0.228. The fraction of sp³-hybridized carbons (Fsp3) is 1.00. The number of rotatable bonds is 0. The molecule has 1 rings (SSSR count). The molecule has 1 saturated heterocycles. The van der Waals surface area contributed by atoms with Gasteiger partial charge in [0.15, 0.2) is 0 Å². The molecule has 0 amide bonds. The third kappa shape index (κ3) is 1.74. The minimum Gasteiger partial charge on any atom is -0.389 e. The standard InChI is InChI=1S/C6H13NO5/c8-2-1-7-6(12)5(11)4(10)3(2)9/h2-12H,1H2/t2-,3+,4+,5-,6?/m1/s1. The highest BCUT2D eigenvalue weighted by molar-refractivity contribution is 4.88. The minimum absolute atomic E-state index is 0.0730. The van der Waals surface area contributed by atoms with Gasteiger partial charge in [-0.05, 0) is 0 Å². The Morgan fingerprint density at radius 1 is 0.833 bits per heavy atom. The first-order chi connectivity index (χ1) is 5.54. The molecule has 0 aromatic rings. The van der Waals surface area contributed by atoms with E-state index in [0.717, 1.165) is 0 Å². The number of aliphatic hydroxyl groups excluding tert-OH is 5. The van der Waals surface area contributed by atoms with Crippen molar-refractivity contribution < 1.29 is 25.5 Å². The van der Waals surface area contributed by atoms with Gasteiger partial charge < -0.3 is 25.5 Å². The molecule has 0 saturated carbocycles. The second kappa shape index (κ2) is 3.65. The molecular formula is C6H13NO5. The first kappa shape index (κ1) is 9.85. The average Bonchev–Trinajstić information content (AvgIpc) is 2.14. The van der Waals surface area contributed by atoms with Crippen LogP contribution >= 0.6 is 0 Å². The number of hydrogen-bond acceptors (Lipinski definition) is 6. The van der Waals surface area contributed by atoms with Crippen LogP contribution in [0.5, 0.6) is 0 Å². The van der Waals surface area contributed by atoms with Gasteiger partial charge in [-0.2, -0.15) is 0 Å². The van der Waals surface area contributed by atoms with Gasteiger partial charge in [0.25, 0.3) is 0 Å². The first-order valence-corrected chi connectivity index (χ1v) is 3.67. The largest absolute Gasteiger partial charge is 0.389 e. The molecule has 1 unspecified atom stereocenters. The van der Waals surface area contributed by atoms with Crippen molar-refractivity contribution in [3.8, 4) is 0 Å². The Labute approximate surface area is 69.1 Å². The van der Waals surface area contributed by atoms with Crippen molar-refractivity contribution in [3.63, 3.8) is 0 Å². The van der Waals surface area contributed by atoms with Crippen LogP contribution < -0.4 is 5.32 Å². The second-order valence-corrected chi connectivity index (χ2v) is 2.89. The highest BCUT2D eigenvalue weighted by Crippen LogP contribution is 2.10. The maximum Gasteiger partial charge on any atom is 0.133 e. The normalized spacial score (nSPS) is 50.2. The molecule has 6 nitrogen and oxygen atoms in total. The van der Waals surface area contributed by atoms with Crippen molar-refractivity contribution in [3.05, 3.63) is 0 Å². The van der Waals surface area contributed by atoms with Gasteiger partial charge in [-0.3, -0.25) is 5.32 Å². The summed E-state index contributed by atoms with van der Waals surface area (Å²) >= 11 is 0. The van der Waals surface area contributed by atoms with Crippen LogP contribution in [0, 0.1) is 0 Å². The smallest absolute Gasteiger partial charge is 0.133 e. The zero-order chi connectivity index (χ0) is 9.30. The summed E-state index contributed by atoms with van der Waals surface area (Å²) < 4.78 is 0. The molecule has 6 heteroatoms. The van der Waals surface area contributed by atoms with Crippen molar-refractivity contribution in [2.24, 2.45) is 0 Å². The Morgan fingerprint density at radius 3 is 2.00 bits per heavy atom. The highest BCUT2D eigenvalue weighted by atomic mass is 16.4. The molecule has 6 N–H and O–H groups in total. The predicted octanol–water partition coefficient (Wildman–Crippen LogP) is -3.65. The summed E-state index contributed by atoms with van der Waals surface area (Å²) in [5.41, 5.74) is 0. The Balaban J connectivity index is 2.68. The Morgan fingerprint density at radius 2 is 1.42 bits per heavy atom. The minimum atomic E-state index is -1.54. The maximum atomic E-state index is 9.11. The van der Waals surface area contributed by atoms with Gasteiger partial charge in [0, 0.05) is 6.54 Å². The van der Waals surface area contributed by atoms with E-state index in [9.17, 15) is 0 Å². The topological polar surface area (TPSA) is 113 Å². The molecule has 1 heterocycles. The molecule has 0 spiro atoms. The zero-order valence-electron chi connectivity index (χ0n) is 6.33. The Hall–Kier alpha value is -0.240. The molecule has 1 aliphatic rings. The lowest BCUT2D eigenvalue weighted by molar-refractivity contribution is -0.117. The Bertz CT molecular complexity index is 139. The number of hydrogen-bond donors (Lipinski definition) is 6. The van der Waals surface area contributed by atoms with Crippen LogP contribution in [0.4, 0.5) is 0 Å². The van der Waals surface area contributed by atoms with Crippen LogP contribution in [0.1, 0.15) is 0 Å². The van der Waals surface area contributed by atoms with Crippen LogP contribution in [0.2, 0.25) is 0 Å². The van der Waals surface area contributed by atoms with Crippen molar-refractivity contribution in [1.29, 1.82) is 0 Å². The molecule has 12 heavy (non-hydrogen) atoms. The molecule has 0 aromatic carbocycles. The van der Waals surface area contributed by atoms with Gasteiger partial charge in [-0.25, -0.2) is 0 Å². The molecule has 0 aromatic heterocycles. The molecular weight excluding hydrogens is 166 g/mol.